The molecule has 0 amide bonds. The van der Waals surface area contributed by atoms with Gasteiger partial charge in [-0.25, -0.2) is 9.79 Å². The summed E-state index contributed by atoms with van der Waals surface area (Å²) in [5.41, 5.74) is 1.54. The topological polar surface area (TPSA) is 79.1 Å². The summed E-state index contributed by atoms with van der Waals surface area (Å²) >= 11 is 2.78. The van der Waals surface area contributed by atoms with Gasteiger partial charge in [0, 0.05) is 4.88 Å². The number of esters is 1. The van der Waals surface area contributed by atoms with Crippen LogP contribution in [-0.4, -0.2) is 31.4 Å². The van der Waals surface area contributed by atoms with E-state index in [1.807, 2.05) is 43.5 Å². The molecule has 0 spiro atoms. The fourth-order valence-electron chi connectivity index (χ4n) is 3.71. The van der Waals surface area contributed by atoms with Crippen molar-refractivity contribution in [3.05, 3.63) is 77.1 Å². The fraction of sp³-hybridized carbons (Fsp3) is 0.320. The number of thiophene rings is 1. The highest BCUT2D eigenvalue weighted by Gasteiger charge is 2.34. The second-order valence-electron chi connectivity index (χ2n) is 8.20. The number of allylic oxidation sites excluding steroid dienone is 1. The summed E-state index contributed by atoms with van der Waals surface area (Å²) < 4.78 is 18.3. The van der Waals surface area contributed by atoms with Crippen LogP contribution < -0.4 is 24.4 Å². The largest absolute Gasteiger partial charge is 0.493 e. The molecule has 3 heterocycles. The van der Waals surface area contributed by atoms with Gasteiger partial charge in [0.1, 0.15) is 6.04 Å². The van der Waals surface area contributed by atoms with Gasteiger partial charge < -0.3 is 14.2 Å². The zero-order valence-electron chi connectivity index (χ0n) is 19.7. The predicted octanol–water partition coefficient (Wildman–Crippen LogP) is 3.51. The van der Waals surface area contributed by atoms with Crippen molar-refractivity contribution in [3.8, 4) is 11.5 Å². The van der Waals surface area contributed by atoms with Crippen LogP contribution in [0.3, 0.4) is 0 Å². The molecule has 2 aromatic heterocycles. The minimum atomic E-state index is -0.580. The number of carbonyl (C=O) groups excluding carboxylic acids is 1. The van der Waals surface area contributed by atoms with Crippen molar-refractivity contribution in [3.63, 3.8) is 0 Å². The average molecular weight is 499 g/mol. The summed E-state index contributed by atoms with van der Waals surface area (Å²) in [7, 11) is 3.14. The van der Waals surface area contributed by atoms with E-state index in [2.05, 4.69) is 4.99 Å². The minimum absolute atomic E-state index is 0.202. The van der Waals surface area contributed by atoms with Crippen LogP contribution in [-0.2, 0) is 9.53 Å². The zero-order chi connectivity index (χ0) is 24.4. The van der Waals surface area contributed by atoms with E-state index in [-0.39, 0.29) is 11.5 Å². The first kappa shape index (κ1) is 24.0. The molecular formula is C25H26N2O5S2. The highest BCUT2D eigenvalue weighted by molar-refractivity contribution is 7.10. The Morgan fingerprint density at radius 2 is 1.97 bits per heavy atom. The van der Waals surface area contributed by atoms with Gasteiger partial charge >= 0.3 is 5.97 Å². The minimum Gasteiger partial charge on any atom is -0.493 e. The van der Waals surface area contributed by atoms with Crippen molar-refractivity contribution >= 4 is 34.7 Å². The number of hydrogen-bond acceptors (Lipinski definition) is 8. The smallest absolute Gasteiger partial charge is 0.338 e. The molecule has 0 aliphatic carbocycles. The van der Waals surface area contributed by atoms with Crippen LogP contribution in [0.2, 0.25) is 0 Å². The van der Waals surface area contributed by atoms with Crippen molar-refractivity contribution in [1.82, 2.24) is 4.57 Å². The molecule has 1 unspecified atom stereocenters. The predicted molar refractivity (Wildman–Crippen MR) is 133 cm³/mol. The highest BCUT2D eigenvalue weighted by Crippen LogP contribution is 2.33. The fourth-order valence-corrected chi connectivity index (χ4v) is 5.58. The van der Waals surface area contributed by atoms with Crippen LogP contribution >= 0.6 is 22.7 Å². The average Bonchev–Trinajstić information content (AvgIpc) is 3.45. The van der Waals surface area contributed by atoms with Gasteiger partial charge in [-0.3, -0.25) is 9.36 Å². The molecule has 34 heavy (non-hydrogen) atoms. The summed E-state index contributed by atoms with van der Waals surface area (Å²) in [6.07, 6.45) is 1.80. The summed E-state index contributed by atoms with van der Waals surface area (Å²) in [6.45, 7) is 6.05. The summed E-state index contributed by atoms with van der Waals surface area (Å²) in [4.78, 5) is 32.7. The Kier molecular flexibility index (Phi) is 7.04. The molecule has 1 aromatic carbocycles. The van der Waals surface area contributed by atoms with Gasteiger partial charge in [0.2, 0.25) is 0 Å². The SMILES string of the molecule is COc1ccc(C=c2sc3n(c2=O)C(c2cccs2)C(C(=O)OCC(C)C)=C(C)N=3)cc1OC. The highest BCUT2D eigenvalue weighted by atomic mass is 32.1. The van der Waals surface area contributed by atoms with Crippen LogP contribution in [0.4, 0.5) is 0 Å². The summed E-state index contributed by atoms with van der Waals surface area (Å²) in [5, 5.41) is 1.93. The van der Waals surface area contributed by atoms with Crippen LogP contribution in [0.5, 0.6) is 11.5 Å². The second-order valence-corrected chi connectivity index (χ2v) is 10.2. The number of rotatable bonds is 7. The maximum atomic E-state index is 13.6. The van der Waals surface area contributed by atoms with Crippen molar-refractivity contribution in [2.45, 2.75) is 26.8 Å². The lowest BCUT2D eigenvalue weighted by atomic mass is 10.0. The van der Waals surface area contributed by atoms with Crippen LogP contribution in [0, 0.1) is 5.92 Å². The molecule has 0 fully saturated rings. The van der Waals surface area contributed by atoms with Crippen LogP contribution in [0.15, 0.2) is 56.8 Å². The van der Waals surface area contributed by atoms with Gasteiger partial charge in [-0.15, -0.1) is 11.3 Å². The van der Waals surface area contributed by atoms with E-state index in [1.54, 1.807) is 37.9 Å². The molecule has 1 atom stereocenters. The molecule has 178 valence electrons. The Morgan fingerprint density at radius 1 is 1.21 bits per heavy atom. The number of hydrogen-bond donors (Lipinski definition) is 0. The van der Waals surface area contributed by atoms with Crippen molar-refractivity contribution in [2.75, 3.05) is 20.8 Å². The van der Waals surface area contributed by atoms with Crippen molar-refractivity contribution < 1.29 is 19.0 Å². The maximum Gasteiger partial charge on any atom is 0.338 e. The first-order valence-corrected chi connectivity index (χ1v) is 12.5. The normalized spacial score (nSPS) is 15.8. The Morgan fingerprint density at radius 3 is 2.62 bits per heavy atom. The summed E-state index contributed by atoms with van der Waals surface area (Å²) in [5.74, 6) is 0.945. The third-order valence-electron chi connectivity index (χ3n) is 5.31. The van der Waals surface area contributed by atoms with Gasteiger partial charge in [-0.05, 0) is 48.1 Å². The number of nitrogens with zero attached hydrogens (tertiary/aromatic N) is 2. The lowest BCUT2D eigenvalue weighted by Crippen LogP contribution is -2.39. The van der Waals surface area contributed by atoms with Crippen LogP contribution in [0.25, 0.3) is 6.08 Å². The molecule has 0 bridgehead atoms. The lowest BCUT2D eigenvalue weighted by Gasteiger charge is -2.23. The molecule has 4 rings (SSSR count). The number of fused-ring (bicyclic) bond motifs is 1. The van der Waals surface area contributed by atoms with Crippen LogP contribution in [0.1, 0.15) is 37.3 Å². The number of methoxy groups -OCH3 is 2. The molecular weight excluding hydrogens is 472 g/mol. The number of carbonyl (C=O) groups is 1. The molecule has 3 aromatic rings. The van der Waals surface area contributed by atoms with Crippen molar-refractivity contribution in [1.29, 1.82) is 0 Å². The summed E-state index contributed by atoms with van der Waals surface area (Å²) in [6, 6.07) is 8.72. The van der Waals surface area contributed by atoms with Gasteiger partial charge in [0.05, 0.1) is 36.6 Å². The van der Waals surface area contributed by atoms with Gasteiger partial charge in [0.25, 0.3) is 5.56 Å². The number of ether oxygens (including phenoxy) is 3. The Balaban J connectivity index is 1.85. The van der Waals surface area contributed by atoms with E-state index in [1.165, 1.54) is 22.7 Å². The first-order chi connectivity index (χ1) is 16.3. The monoisotopic (exact) mass is 498 g/mol. The molecule has 7 nitrogen and oxygen atoms in total. The Bertz CT molecular complexity index is 1410. The molecule has 0 saturated heterocycles. The van der Waals surface area contributed by atoms with E-state index in [0.717, 1.165) is 10.4 Å². The number of aromatic nitrogens is 1. The van der Waals surface area contributed by atoms with E-state index in [0.29, 0.717) is 38.7 Å². The van der Waals surface area contributed by atoms with Gasteiger partial charge in [-0.2, -0.15) is 0 Å². The number of thiazole rings is 1. The molecule has 0 N–H and O–H groups in total. The maximum absolute atomic E-state index is 13.6. The third-order valence-corrected chi connectivity index (χ3v) is 7.22. The van der Waals surface area contributed by atoms with Gasteiger partial charge in [0.15, 0.2) is 16.3 Å². The quantitative estimate of drug-likeness (QED) is 0.466. The first-order valence-electron chi connectivity index (χ1n) is 10.8. The number of benzene rings is 1. The standard InChI is InChI=1S/C25H26N2O5S2/c1-14(2)13-32-24(29)21-15(3)26-25-27(22(21)19-7-6-10-33-19)23(28)20(34-25)12-16-8-9-17(30-4)18(11-16)31-5/h6-12,14,22H,13H2,1-5H3. The second kappa shape index (κ2) is 9.99. The molecule has 1 aliphatic rings. The molecule has 9 heteroatoms. The van der Waals surface area contributed by atoms with E-state index >= 15 is 0 Å². The molecule has 0 saturated carbocycles. The Hall–Kier alpha value is -3.17. The molecule has 1 aliphatic heterocycles. The molecule has 0 radical (unpaired) electrons. The van der Waals surface area contributed by atoms with E-state index < -0.39 is 12.0 Å². The lowest BCUT2D eigenvalue weighted by molar-refractivity contribution is -0.140. The van der Waals surface area contributed by atoms with E-state index in [4.69, 9.17) is 14.2 Å². The van der Waals surface area contributed by atoms with Crippen molar-refractivity contribution in [2.24, 2.45) is 10.9 Å². The third kappa shape index (κ3) is 4.58. The van der Waals surface area contributed by atoms with E-state index in [9.17, 15) is 9.59 Å². The zero-order valence-corrected chi connectivity index (χ0v) is 21.3. The Labute approximate surface area is 205 Å². The van der Waals surface area contributed by atoms with Gasteiger partial charge in [-0.1, -0.05) is 37.3 Å².